The van der Waals surface area contributed by atoms with Crippen LogP contribution in [0.5, 0.6) is 0 Å². The molecule has 1 aromatic heterocycles. The molecule has 2 saturated heterocycles. The van der Waals surface area contributed by atoms with Crippen molar-refractivity contribution in [3.8, 4) is 0 Å². The number of aliphatic hydroxyl groups is 6. The first-order valence-electron chi connectivity index (χ1n) is 12.0. The van der Waals surface area contributed by atoms with E-state index in [-0.39, 0.29) is 5.82 Å². The van der Waals surface area contributed by atoms with Crippen molar-refractivity contribution >= 4 is 25.5 Å². The van der Waals surface area contributed by atoms with E-state index in [0.717, 1.165) is 23.8 Å². The smallest absolute Gasteiger partial charge is 0.368 e. The van der Waals surface area contributed by atoms with E-state index in [9.17, 15) is 54.5 Å². The Morgan fingerprint density at radius 2 is 1.95 bits per heavy atom. The molecule has 3 heterocycles. The molecule has 238 valence electrons. The van der Waals surface area contributed by atoms with Crippen LogP contribution in [0.15, 0.2) is 17.1 Å². The molecular formula is C20H29FN4O16P-. The van der Waals surface area contributed by atoms with Crippen LogP contribution in [0.3, 0.4) is 0 Å². The predicted octanol–water partition coefficient (Wildman–Crippen LogP) is -5.96. The second-order valence-corrected chi connectivity index (χ2v) is 10.7. The van der Waals surface area contributed by atoms with Crippen LogP contribution < -0.4 is 21.6 Å². The third-order valence-corrected chi connectivity index (χ3v) is 7.35. The number of alkyl halides is 1. The zero-order valence-corrected chi connectivity index (χ0v) is 22.3. The van der Waals surface area contributed by atoms with Crippen LogP contribution in [0.25, 0.3) is 0 Å². The molecular weight excluding hydrogens is 602 g/mol. The van der Waals surface area contributed by atoms with E-state index in [4.69, 9.17) is 20.3 Å². The van der Waals surface area contributed by atoms with Crippen molar-refractivity contribution in [3.63, 3.8) is 0 Å². The van der Waals surface area contributed by atoms with E-state index in [0.29, 0.717) is 0 Å². The van der Waals surface area contributed by atoms with Gasteiger partial charge in [0.15, 0.2) is 12.4 Å². The lowest BCUT2D eigenvalue weighted by molar-refractivity contribution is -0.333. The second-order valence-electron chi connectivity index (χ2n) is 9.34. The molecule has 3 rings (SSSR count). The summed E-state index contributed by atoms with van der Waals surface area (Å²) >= 11 is 0. The number of ether oxygens (including phenoxy) is 2. The number of phosphoric ester groups is 1. The van der Waals surface area contributed by atoms with Gasteiger partial charge in [-0.2, -0.15) is 4.98 Å². The molecule has 42 heavy (non-hydrogen) atoms. The number of aliphatic carboxylic acids is 1. The van der Waals surface area contributed by atoms with Gasteiger partial charge in [0.1, 0.15) is 48.5 Å². The standard InChI is InChI=1S/C20H30FN4O16P/c1-6(27)23-10-13(31)16(21)20(18(33)34,40-15(10)11(29)7(28)4-26)41-42(36,37)38-5-8-12(30)14(32)17(39-8)25-3-2-9(22)24-19(25)35/h2-3,7-8,10-17,26,28-32H,4-5H2,1H3,(H,23,27)(H,33,34)(H,36,37)(H2,22,24,35)/p-1/t7-,8-,10-,11-,12?,13?,14?,15?,16?,17-,20-/m1/s1. The topological polar surface area (TPSA) is 326 Å². The molecule has 10 N–H and O–H groups in total. The third-order valence-electron chi connectivity index (χ3n) is 6.39. The van der Waals surface area contributed by atoms with Gasteiger partial charge in [-0.15, -0.1) is 0 Å². The highest BCUT2D eigenvalue weighted by atomic mass is 31.2. The highest BCUT2D eigenvalue weighted by Gasteiger charge is 2.64. The molecule has 0 bridgehead atoms. The average Bonchev–Trinajstić information content (AvgIpc) is 3.19. The van der Waals surface area contributed by atoms with Crippen molar-refractivity contribution in [1.29, 1.82) is 0 Å². The van der Waals surface area contributed by atoms with Gasteiger partial charge in [0.05, 0.1) is 19.3 Å². The fraction of sp³-hybridized carbons (Fsp3) is 0.700. The first kappa shape index (κ1) is 33.8. The van der Waals surface area contributed by atoms with Crippen LogP contribution >= 0.6 is 7.82 Å². The highest BCUT2D eigenvalue weighted by molar-refractivity contribution is 7.46. The Hall–Kier alpha value is -2.66. The number of carboxylic acids is 1. The number of nitrogens with one attached hydrogen (secondary N) is 1. The van der Waals surface area contributed by atoms with Crippen LogP contribution in [0.1, 0.15) is 13.2 Å². The number of phosphoric acid groups is 1. The minimum Gasteiger partial charge on any atom is -0.756 e. The van der Waals surface area contributed by atoms with Crippen LogP contribution in [-0.4, -0.2) is 131 Å². The molecule has 0 saturated carbocycles. The first-order valence-corrected chi connectivity index (χ1v) is 13.4. The maximum atomic E-state index is 15.4. The number of halogens is 1. The van der Waals surface area contributed by atoms with Gasteiger partial charge < -0.3 is 65.7 Å². The molecule has 6 unspecified atom stereocenters. The molecule has 22 heteroatoms. The number of nitrogen functional groups attached to an aromatic ring is 1. The van der Waals surface area contributed by atoms with Crippen molar-refractivity contribution in [2.24, 2.45) is 0 Å². The number of carboxylic acid groups (broad SMARTS) is 1. The van der Waals surface area contributed by atoms with Crippen LogP contribution in [0, 0.1) is 0 Å². The number of rotatable bonds is 11. The SMILES string of the molecule is CC(=O)N[C@@H]1C(O)C(F)[C@@](OP(=O)([O-])OC[C@H]2O[C@@H](n3ccc(N)nc3=O)C(O)C2O)(C(=O)O)OC1[C@H](O)[C@H](O)CO. The van der Waals surface area contributed by atoms with Gasteiger partial charge in [-0.25, -0.2) is 14.0 Å². The number of carbonyl (C=O) groups is 2. The van der Waals surface area contributed by atoms with Gasteiger partial charge in [0.25, 0.3) is 7.82 Å². The summed E-state index contributed by atoms with van der Waals surface area (Å²) in [6.07, 6.45) is -18.6. The summed E-state index contributed by atoms with van der Waals surface area (Å²) < 4.78 is 47.9. The predicted molar refractivity (Wildman–Crippen MR) is 126 cm³/mol. The molecule has 2 fully saturated rings. The average molecular weight is 631 g/mol. The molecule has 12 atom stereocenters. The summed E-state index contributed by atoms with van der Waals surface area (Å²) in [5, 5.41) is 72.0. The van der Waals surface area contributed by atoms with Crippen molar-refractivity contribution in [1.82, 2.24) is 14.9 Å². The van der Waals surface area contributed by atoms with E-state index < -0.39 is 106 Å². The van der Waals surface area contributed by atoms with Crippen molar-refractivity contribution < 1.29 is 77.7 Å². The van der Waals surface area contributed by atoms with Crippen molar-refractivity contribution in [3.05, 3.63) is 22.7 Å². The maximum Gasteiger partial charge on any atom is 0.368 e. The molecule has 2 aliphatic heterocycles. The lowest BCUT2D eigenvalue weighted by Crippen LogP contribution is -2.73. The molecule has 1 amide bonds. The number of amides is 1. The Labute approximate surface area is 234 Å². The minimum atomic E-state index is -6.04. The third kappa shape index (κ3) is 6.77. The quantitative estimate of drug-likeness (QED) is 0.103. The number of carbonyl (C=O) groups excluding carboxylic acids is 1. The van der Waals surface area contributed by atoms with E-state index in [1.807, 2.05) is 5.32 Å². The number of nitrogens with two attached hydrogens (primary N) is 1. The number of hydrogen-bond acceptors (Lipinski definition) is 17. The van der Waals surface area contributed by atoms with Gasteiger partial charge in [-0.3, -0.25) is 18.5 Å². The molecule has 0 aliphatic carbocycles. The van der Waals surface area contributed by atoms with E-state index in [1.165, 1.54) is 0 Å². The first-order chi connectivity index (χ1) is 19.5. The zero-order valence-electron chi connectivity index (χ0n) is 21.4. The molecule has 2 aliphatic rings. The Kier molecular flexibility index (Phi) is 10.4. The van der Waals surface area contributed by atoms with Gasteiger partial charge in [0, 0.05) is 13.1 Å². The molecule has 0 aromatic carbocycles. The molecule has 0 spiro atoms. The van der Waals surface area contributed by atoms with Crippen LogP contribution in [-0.2, 0) is 32.7 Å². The van der Waals surface area contributed by atoms with E-state index in [1.54, 1.807) is 0 Å². The second kappa shape index (κ2) is 12.9. The van der Waals surface area contributed by atoms with Gasteiger partial charge in [-0.05, 0) is 6.07 Å². The summed E-state index contributed by atoms with van der Waals surface area (Å²) in [6.45, 7) is -1.48. The van der Waals surface area contributed by atoms with Gasteiger partial charge in [-0.1, -0.05) is 0 Å². The van der Waals surface area contributed by atoms with Crippen molar-refractivity contribution in [2.75, 3.05) is 18.9 Å². The van der Waals surface area contributed by atoms with Gasteiger partial charge in [0.2, 0.25) is 5.91 Å². The Morgan fingerprint density at radius 1 is 1.31 bits per heavy atom. The summed E-state index contributed by atoms with van der Waals surface area (Å²) in [4.78, 5) is 51.8. The summed E-state index contributed by atoms with van der Waals surface area (Å²) in [5.74, 6) is -7.60. The number of nitrogens with zero attached hydrogens (tertiary/aromatic N) is 2. The summed E-state index contributed by atoms with van der Waals surface area (Å²) in [7, 11) is -6.04. The zero-order chi connectivity index (χ0) is 31.7. The summed E-state index contributed by atoms with van der Waals surface area (Å²) in [5.41, 5.74) is 4.38. The fourth-order valence-electron chi connectivity index (χ4n) is 4.31. The lowest BCUT2D eigenvalue weighted by Gasteiger charge is -2.49. The minimum absolute atomic E-state index is 0.175. The molecule has 1 aromatic rings. The van der Waals surface area contributed by atoms with Crippen LogP contribution in [0.2, 0.25) is 0 Å². The van der Waals surface area contributed by atoms with Gasteiger partial charge >= 0.3 is 17.4 Å². The Morgan fingerprint density at radius 3 is 2.50 bits per heavy atom. The van der Waals surface area contributed by atoms with E-state index >= 15 is 4.39 Å². The highest BCUT2D eigenvalue weighted by Crippen LogP contribution is 2.49. The maximum absolute atomic E-state index is 15.4. The number of hydrogen-bond donors (Lipinski definition) is 9. The monoisotopic (exact) mass is 631 g/mol. The van der Waals surface area contributed by atoms with E-state index in [2.05, 4.69) is 14.0 Å². The van der Waals surface area contributed by atoms with Crippen LogP contribution in [0.4, 0.5) is 10.2 Å². The molecule has 20 nitrogen and oxygen atoms in total. The number of anilines is 1. The fourth-order valence-corrected chi connectivity index (χ4v) is 5.24. The normalized spacial score (nSPS) is 36.1. The lowest BCUT2D eigenvalue weighted by atomic mass is 9.87. The Balaban J connectivity index is 1.83. The molecule has 0 radical (unpaired) electrons. The van der Waals surface area contributed by atoms with Crippen molar-refractivity contribution in [2.45, 2.75) is 73.9 Å². The Bertz CT molecular complexity index is 1260. The number of aliphatic hydroxyl groups excluding tert-OH is 6. The number of aromatic nitrogens is 2. The largest absolute Gasteiger partial charge is 0.756 e. The summed E-state index contributed by atoms with van der Waals surface area (Å²) in [6, 6.07) is -0.825.